The molecular formula is C56H54N12O8. The number of hydrogen-bond acceptors (Lipinski definition) is 15. The minimum Gasteiger partial charge on any atom is -0.508 e. The van der Waals surface area contributed by atoms with E-state index in [4.69, 9.17) is 19.4 Å². The Morgan fingerprint density at radius 3 is 1.83 bits per heavy atom. The van der Waals surface area contributed by atoms with Gasteiger partial charge in [-0.1, -0.05) is 12.1 Å². The van der Waals surface area contributed by atoms with E-state index in [2.05, 4.69) is 52.7 Å². The third kappa shape index (κ3) is 12.4. The van der Waals surface area contributed by atoms with Gasteiger partial charge in [0.1, 0.15) is 34.4 Å². The molecule has 1 aliphatic rings. The molecule has 0 saturated carbocycles. The van der Waals surface area contributed by atoms with Crippen LogP contribution in [-0.2, 0) is 19.2 Å². The van der Waals surface area contributed by atoms with Crippen LogP contribution in [0.1, 0.15) is 23.2 Å². The van der Waals surface area contributed by atoms with Crippen LogP contribution in [0.15, 0.2) is 128 Å². The molecule has 6 N–H and O–H groups in total. The molecule has 4 aromatic heterocycles. The first-order valence-electron chi connectivity index (χ1n) is 24.8. The third-order valence-electron chi connectivity index (χ3n) is 13.1. The van der Waals surface area contributed by atoms with Gasteiger partial charge in [0.15, 0.2) is 13.2 Å². The second kappa shape index (κ2) is 22.9. The van der Waals surface area contributed by atoms with Crippen molar-refractivity contribution in [2.24, 2.45) is 0 Å². The number of anilines is 1. The number of likely N-dealkylation sites (N-methyl/N-ethyl adjacent to an activating group) is 1. The molecule has 0 radical (unpaired) electrons. The molecule has 5 heterocycles. The minimum absolute atomic E-state index is 0.109. The summed E-state index contributed by atoms with van der Waals surface area (Å²) < 4.78 is 11.3. The molecule has 1 saturated heterocycles. The summed E-state index contributed by atoms with van der Waals surface area (Å²) in [5.41, 5.74) is 7.04. The summed E-state index contributed by atoms with van der Waals surface area (Å²) in [7, 11) is 2.08. The van der Waals surface area contributed by atoms with Crippen molar-refractivity contribution >= 4 is 79.1 Å². The zero-order chi connectivity index (χ0) is 52.5. The Morgan fingerprint density at radius 2 is 1.20 bits per heavy atom. The zero-order valence-electron chi connectivity index (χ0n) is 41.5. The van der Waals surface area contributed by atoms with Gasteiger partial charge in [-0.3, -0.25) is 44.6 Å². The summed E-state index contributed by atoms with van der Waals surface area (Å²) in [6.45, 7) is 2.98. The van der Waals surface area contributed by atoms with Crippen molar-refractivity contribution in [3.63, 3.8) is 0 Å². The molecule has 0 unspecified atom stereocenters. The normalized spacial score (nSPS) is 12.8. The van der Waals surface area contributed by atoms with Crippen LogP contribution in [0.4, 0.5) is 5.69 Å². The summed E-state index contributed by atoms with van der Waals surface area (Å²) >= 11 is 0. The number of hydrogen-bond donors (Lipinski definition) is 6. The van der Waals surface area contributed by atoms with Gasteiger partial charge in [0.25, 0.3) is 17.7 Å². The number of carbonyl (C=O) groups excluding carboxylic acids is 5. The van der Waals surface area contributed by atoms with Crippen molar-refractivity contribution in [2.75, 3.05) is 77.5 Å². The number of benzene rings is 5. The summed E-state index contributed by atoms with van der Waals surface area (Å²) in [6, 6.07) is 34.2. The number of nitrogens with zero attached hydrogens (tertiary/aromatic N) is 7. The summed E-state index contributed by atoms with van der Waals surface area (Å²) in [6.07, 6.45) is 3.12. The van der Waals surface area contributed by atoms with Gasteiger partial charge in [-0.15, -0.1) is 0 Å². The Balaban J connectivity index is 0.810. The second-order valence-corrected chi connectivity index (χ2v) is 18.5. The quantitative estimate of drug-likeness (QED) is 0.0578. The van der Waals surface area contributed by atoms with Gasteiger partial charge in [-0.05, 0) is 110 Å². The predicted octanol–water partition coefficient (Wildman–Crippen LogP) is 5.58. The van der Waals surface area contributed by atoms with E-state index in [0.717, 1.165) is 75.8 Å². The molecule has 0 spiro atoms. The number of phenols is 1. The van der Waals surface area contributed by atoms with Crippen molar-refractivity contribution in [3.8, 4) is 40.0 Å². The molecule has 5 aromatic carbocycles. The van der Waals surface area contributed by atoms with E-state index >= 15 is 0 Å². The second-order valence-electron chi connectivity index (χ2n) is 18.5. The standard InChI is InChI=1S/C56H54N12O8/c1-66-24-26-68(27-25-66)39-31-43(53-48(32-39)62-55(65-53)38-8-13-46-47(30-38)61-54(60-46)35-6-9-40(69)10-7-35)56(74)59-20-23-67(21-16-49(70)63-51(72)33-75-41-11-14-44-36(28-41)4-2-18-57-44)22-17-50(71)64-52(73)34-76-42-12-15-45-37(29-42)5-3-19-58-45/h2-15,18-19,28-32,69H,16-17,20-27,33-34H2,1H3,(H,59,74)(H,60,61)(H,62,65)(H,63,70,72)(H,64,71,73). The van der Waals surface area contributed by atoms with E-state index in [1.165, 1.54) is 0 Å². The van der Waals surface area contributed by atoms with Gasteiger partial charge in [0.05, 0.1) is 33.1 Å². The van der Waals surface area contributed by atoms with E-state index in [-0.39, 0.29) is 50.7 Å². The number of aromatic hydroxyl groups is 1. The lowest BCUT2D eigenvalue weighted by Gasteiger charge is -2.34. The number of pyridine rings is 2. The smallest absolute Gasteiger partial charge is 0.264 e. The maximum Gasteiger partial charge on any atom is 0.264 e. The Hall–Kier alpha value is -9.27. The molecule has 386 valence electrons. The predicted molar refractivity (Wildman–Crippen MR) is 287 cm³/mol. The van der Waals surface area contributed by atoms with Crippen molar-refractivity contribution in [1.82, 2.24) is 55.7 Å². The molecule has 9 aromatic rings. The number of fused-ring (bicyclic) bond motifs is 4. The molecule has 20 heteroatoms. The number of aromatic amines is 2. The molecule has 0 aliphatic carbocycles. The van der Waals surface area contributed by atoms with E-state index < -0.39 is 36.8 Å². The van der Waals surface area contributed by atoms with Crippen LogP contribution in [0.2, 0.25) is 0 Å². The Morgan fingerprint density at radius 1 is 0.618 bits per heavy atom. The number of nitrogens with one attached hydrogen (secondary N) is 5. The minimum atomic E-state index is -0.635. The lowest BCUT2D eigenvalue weighted by molar-refractivity contribution is -0.132. The van der Waals surface area contributed by atoms with Crippen molar-refractivity contribution in [3.05, 3.63) is 133 Å². The monoisotopic (exact) mass is 1020 g/mol. The number of rotatable bonds is 19. The maximum absolute atomic E-state index is 14.4. The number of piperazine rings is 1. The lowest BCUT2D eigenvalue weighted by atomic mass is 10.1. The first-order chi connectivity index (χ1) is 37.0. The van der Waals surface area contributed by atoms with Gasteiger partial charge in [-0.2, -0.15) is 0 Å². The van der Waals surface area contributed by atoms with Gasteiger partial charge < -0.3 is 44.6 Å². The maximum atomic E-state index is 14.4. The number of imidazole rings is 2. The van der Waals surface area contributed by atoms with E-state index in [1.54, 1.807) is 90.1 Å². The fraction of sp³-hybridized carbons (Fsp3) is 0.232. The first-order valence-corrected chi connectivity index (χ1v) is 24.8. The van der Waals surface area contributed by atoms with Gasteiger partial charge in [-0.25, -0.2) is 9.97 Å². The average molecular weight is 1020 g/mol. The fourth-order valence-corrected chi connectivity index (χ4v) is 8.94. The van der Waals surface area contributed by atoms with Gasteiger partial charge in [0, 0.05) is 105 Å². The highest BCUT2D eigenvalue weighted by Crippen LogP contribution is 2.31. The Kier molecular flexibility index (Phi) is 15.1. The van der Waals surface area contributed by atoms with Crippen LogP contribution in [0.25, 0.3) is 66.6 Å². The van der Waals surface area contributed by atoms with Crippen molar-refractivity contribution in [2.45, 2.75) is 12.8 Å². The highest BCUT2D eigenvalue weighted by Gasteiger charge is 2.23. The Bertz CT molecular complexity index is 3500. The van der Waals surface area contributed by atoms with Crippen LogP contribution in [0.3, 0.4) is 0 Å². The van der Waals surface area contributed by atoms with Gasteiger partial charge in [0.2, 0.25) is 11.8 Å². The summed E-state index contributed by atoms with van der Waals surface area (Å²) in [5, 5.41) is 19.2. The molecular weight excluding hydrogens is 969 g/mol. The van der Waals surface area contributed by atoms with E-state index in [0.29, 0.717) is 39.7 Å². The highest BCUT2D eigenvalue weighted by atomic mass is 16.5. The highest BCUT2D eigenvalue weighted by molar-refractivity contribution is 6.07. The summed E-state index contributed by atoms with van der Waals surface area (Å²) in [5.74, 6) is -0.516. The Labute approximate surface area is 435 Å². The van der Waals surface area contributed by atoms with Crippen LogP contribution in [0.5, 0.6) is 17.2 Å². The number of amides is 5. The zero-order valence-corrected chi connectivity index (χ0v) is 41.5. The fourth-order valence-electron chi connectivity index (χ4n) is 8.94. The van der Waals surface area contributed by atoms with Crippen molar-refractivity contribution < 1.29 is 38.6 Å². The largest absolute Gasteiger partial charge is 0.508 e. The number of ether oxygens (including phenoxy) is 2. The van der Waals surface area contributed by atoms with Crippen LogP contribution < -0.4 is 30.3 Å². The number of H-pyrrole nitrogens is 2. The number of imide groups is 2. The topological polar surface area (TPSA) is 253 Å². The summed E-state index contributed by atoms with van der Waals surface area (Å²) in [4.78, 5) is 97.7. The molecule has 20 nitrogen and oxygen atoms in total. The average Bonchev–Trinajstić information content (AvgIpc) is 4.09. The molecule has 10 rings (SSSR count). The van der Waals surface area contributed by atoms with Crippen LogP contribution in [-0.4, -0.2) is 147 Å². The lowest BCUT2D eigenvalue weighted by Crippen LogP contribution is -2.44. The van der Waals surface area contributed by atoms with E-state index in [9.17, 15) is 29.1 Å². The molecule has 1 aliphatic heterocycles. The molecule has 1 fully saturated rings. The van der Waals surface area contributed by atoms with Crippen molar-refractivity contribution in [1.29, 1.82) is 0 Å². The molecule has 0 bridgehead atoms. The van der Waals surface area contributed by atoms with Crippen LogP contribution >= 0.6 is 0 Å². The number of phenolic OH excluding ortho intramolecular Hbond substituents is 1. The number of carbonyl (C=O) groups is 5. The third-order valence-corrected chi connectivity index (χ3v) is 13.1. The molecule has 5 amide bonds. The first kappa shape index (κ1) is 50.3. The SMILES string of the molecule is CN1CCN(c2cc(C(=O)NCCN(CCC(=O)NC(=O)COc3ccc4ncccc4c3)CCC(=O)NC(=O)COc3ccc4ncccc4c3)c3nc(-c4ccc5nc(-c6ccc(O)cc6)[nH]c5c4)[nH]c3c2)CC1. The number of aromatic nitrogens is 6. The van der Waals surface area contributed by atoms with Gasteiger partial charge >= 0.3 is 0 Å². The molecule has 0 atom stereocenters. The molecule has 76 heavy (non-hydrogen) atoms. The van der Waals surface area contributed by atoms with E-state index in [1.807, 2.05) is 42.5 Å². The van der Waals surface area contributed by atoms with Crippen LogP contribution in [0, 0.1) is 0 Å².